The number of hydrogen-bond donors (Lipinski definition) is 1. The Bertz CT molecular complexity index is 811. The van der Waals surface area contributed by atoms with E-state index >= 15 is 0 Å². The number of carbonyl (C=O) groups excluding carboxylic acids is 1. The summed E-state index contributed by atoms with van der Waals surface area (Å²) in [4.78, 5) is 12.0. The largest absolute Gasteiger partial charge is 0.492 e. The predicted octanol–water partition coefficient (Wildman–Crippen LogP) is 6.20. The van der Waals surface area contributed by atoms with Crippen LogP contribution in [0.15, 0.2) is 47.0 Å². The molecule has 0 radical (unpaired) electrons. The normalized spacial score (nSPS) is 10.3. The van der Waals surface area contributed by atoms with E-state index in [9.17, 15) is 4.79 Å². The fraction of sp³-hybridized carbons (Fsp3) is 0.250. The van der Waals surface area contributed by atoms with Gasteiger partial charge in [-0.3, -0.25) is 4.79 Å². The van der Waals surface area contributed by atoms with Crippen LogP contribution in [-0.2, 0) is 0 Å². The molecular formula is C20H19Cl4NO3. The van der Waals surface area contributed by atoms with Crippen LogP contribution in [0.25, 0.3) is 0 Å². The number of halogens is 4. The summed E-state index contributed by atoms with van der Waals surface area (Å²) in [5.41, 5.74) is 1.40. The number of ether oxygens (including phenoxy) is 2. The van der Waals surface area contributed by atoms with Gasteiger partial charge in [-0.25, -0.2) is 0 Å². The first-order chi connectivity index (χ1) is 13.4. The molecule has 0 heterocycles. The van der Waals surface area contributed by atoms with Crippen molar-refractivity contribution in [1.82, 2.24) is 5.32 Å². The molecule has 8 heteroatoms. The molecule has 0 saturated carbocycles. The van der Waals surface area contributed by atoms with E-state index in [1.54, 1.807) is 30.3 Å². The number of carbonyl (C=O) groups is 1. The van der Waals surface area contributed by atoms with Crippen LogP contribution in [-0.4, -0.2) is 25.7 Å². The summed E-state index contributed by atoms with van der Waals surface area (Å²) < 4.78 is 11.4. The second-order valence-electron chi connectivity index (χ2n) is 5.82. The average Bonchev–Trinajstić information content (AvgIpc) is 2.63. The van der Waals surface area contributed by atoms with Crippen LogP contribution in [0.5, 0.6) is 11.5 Å². The van der Waals surface area contributed by atoms with Crippen molar-refractivity contribution in [3.05, 3.63) is 68.1 Å². The van der Waals surface area contributed by atoms with Crippen LogP contribution in [0.2, 0.25) is 10.0 Å². The second-order valence-corrected chi connectivity index (χ2v) is 7.67. The summed E-state index contributed by atoms with van der Waals surface area (Å²) in [6.45, 7) is 3.00. The molecule has 0 bridgehead atoms. The summed E-state index contributed by atoms with van der Waals surface area (Å²) in [5, 5.41) is 3.87. The number of nitrogens with one attached hydrogen (secondary N) is 1. The van der Waals surface area contributed by atoms with Crippen molar-refractivity contribution in [3.8, 4) is 11.5 Å². The molecule has 0 aliphatic carbocycles. The standard InChI is InChI=1S/C20H19Cl4NO3/c1-13-11-16(27-10-7-18(23)24)12-17(22)19(13)28-9-2-8-25-20(26)14-3-5-15(21)6-4-14/h3-7,11-12H,2,8-10H2,1H3,(H,25,26). The van der Waals surface area contributed by atoms with Crippen molar-refractivity contribution in [2.45, 2.75) is 13.3 Å². The maximum atomic E-state index is 12.0. The fourth-order valence-corrected chi connectivity index (χ4v) is 2.88. The molecule has 0 aliphatic heterocycles. The van der Waals surface area contributed by atoms with E-state index < -0.39 is 0 Å². The van der Waals surface area contributed by atoms with Crippen molar-refractivity contribution in [2.24, 2.45) is 0 Å². The van der Waals surface area contributed by atoms with Crippen LogP contribution in [0.1, 0.15) is 22.3 Å². The Balaban J connectivity index is 1.78. The van der Waals surface area contributed by atoms with Crippen LogP contribution in [0.4, 0.5) is 0 Å². The molecular weight excluding hydrogens is 444 g/mol. The summed E-state index contributed by atoms with van der Waals surface area (Å²) in [6, 6.07) is 10.2. The topological polar surface area (TPSA) is 47.6 Å². The summed E-state index contributed by atoms with van der Waals surface area (Å²) in [6.07, 6.45) is 2.17. The maximum Gasteiger partial charge on any atom is 0.251 e. The maximum absolute atomic E-state index is 12.0. The molecule has 1 amide bonds. The van der Waals surface area contributed by atoms with E-state index in [-0.39, 0.29) is 17.0 Å². The highest BCUT2D eigenvalue weighted by Gasteiger charge is 2.09. The Morgan fingerprint density at radius 2 is 1.82 bits per heavy atom. The molecule has 4 nitrogen and oxygen atoms in total. The lowest BCUT2D eigenvalue weighted by Crippen LogP contribution is -2.25. The van der Waals surface area contributed by atoms with E-state index in [4.69, 9.17) is 55.9 Å². The van der Waals surface area contributed by atoms with Crippen molar-refractivity contribution in [2.75, 3.05) is 19.8 Å². The van der Waals surface area contributed by atoms with Gasteiger partial charge in [0.1, 0.15) is 22.6 Å². The Kier molecular flexibility index (Phi) is 9.26. The molecule has 0 saturated heterocycles. The lowest BCUT2D eigenvalue weighted by Gasteiger charge is -2.13. The third kappa shape index (κ3) is 7.44. The van der Waals surface area contributed by atoms with Gasteiger partial charge < -0.3 is 14.8 Å². The molecule has 0 spiro atoms. The van der Waals surface area contributed by atoms with E-state index in [1.807, 2.05) is 13.0 Å². The third-order valence-electron chi connectivity index (χ3n) is 3.65. The van der Waals surface area contributed by atoms with Gasteiger partial charge in [0, 0.05) is 23.2 Å². The lowest BCUT2D eigenvalue weighted by atomic mass is 10.2. The van der Waals surface area contributed by atoms with Gasteiger partial charge in [-0.2, -0.15) is 0 Å². The predicted molar refractivity (Wildman–Crippen MR) is 115 cm³/mol. The van der Waals surface area contributed by atoms with Gasteiger partial charge in [0.2, 0.25) is 0 Å². The van der Waals surface area contributed by atoms with Crippen molar-refractivity contribution in [3.63, 3.8) is 0 Å². The van der Waals surface area contributed by atoms with Crippen molar-refractivity contribution >= 4 is 52.3 Å². The monoisotopic (exact) mass is 461 g/mol. The van der Waals surface area contributed by atoms with Gasteiger partial charge in [0.05, 0.1) is 11.6 Å². The Morgan fingerprint density at radius 1 is 1.11 bits per heavy atom. The molecule has 2 aromatic carbocycles. The highest BCUT2D eigenvalue weighted by atomic mass is 35.5. The average molecular weight is 463 g/mol. The van der Waals surface area contributed by atoms with Crippen LogP contribution in [0, 0.1) is 6.92 Å². The van der Waals surface area contributed by atoms with Gasteiger partial charge >= 0.3 is 0 Å². The zero-order valence-electron chi connectivity index (χ0n) is 15.1. The number of benzene rings is 2. The zero-order valence-corrected chi connectivity index (χ0v) is 18.1. The van der Waals surface area contributed by atoms with Crippen LogP contribution < -0.4 is 14.8 Å². The van der Waals surface area contributed by atoms with Crippen molar-refractivity contribution < 1.29 is 14.3 Å². The molecule has 150 valence electrons. The molecule has 0 fully saturated rings. The first-order valence-electron chi connectivity index (χ1n) is 8.47. The minimum absolute atomic E-state index is 0.144. The number of hydrogen-bond acceptors (Lipinski definition) is 3. The number of amides is 1. The van der Waals surface area contributed by atoms with Gasteiger partial charge in [-0.1, -0.05) is 46.4 Å². The zero-order chi connectivity index (χ0) is 20.5. The molecule has 28 heavy (non-hydrogen) atoms. The summed E-state index contributed by atoms with van der Waals surface area (Å²) in [7, 11) is 0. The first-order valence-corrected chi connectivity index (χ1v) is 9.98. The van der Waals surface area contributed by atoms with Gasteiger partial charge in [0.15, 0.2) is 0 Å². The van der Waals surface area contributed by atoms with Crippen molar-refractivity contribution in [1.29, 1.82) is 0 Å². The summed E-state index contributed by atoms with van der Waals surface area (Å²) >= 11 is 23.2. The highest BCUT2D eigenvalue weighted by molar-refractivity contribution is 6.55. The van der Waals surface area contributed by atoms with Gasteiger partial charge in [-0.05, 0) is 55.3 Å². The molecule has 1 N–H and O–H groups in total. The van der Waals surface area contributed by atoms with Gasteiger partial charge in [-0.15, -0.1) is 0 Å². The Hall–Kier alpha value is -1.59. The molecule has 0 unspecified atom stereocenters. The molecule has 0 atom stereocenters. The van der Waals surface area contributed by atoms with E-state index in [0.717, 1.165) is 5.56 Å². The fourth-order valence-electron chi connectivity index (χ4n) is 2.32. The minimum atomic E-state index is -0.154. The van der Waals surface area contributed by atoms with E-state index in [2.05, 4.69) is 5.32 Å². The van der Waals surface area contributed by atoms with Crippen LogP contribution >= 0.6 is 46.4 Å². The number of aryl methyl sites for hydroxylation is 1. The SMILES string of the molecule is Cc1cc(OCC=C(Cl)Cl)cc(Cl)c1OCCCNC(=O)c1ccc(Cl)cc1. The quantitative estimate of drug-likeness (QED) is 0.451. The molecule has 2 aromatic rings. The Morgan fingerprint density at radius 3 is 2.46 bits per heavy atom. The highest BCUT2D eigenvalue weighted by Crippen LogP contribution is 2.33. The first kappa shape index (κ1) is 22.7. The van der Waals surface area contributed by atoms with E-state index in [1.165, 1.54) is 6.08 Å². The van der Waals surface area contributed by atoms with Crippen LogP contribution in [0.3, 0.4) is 0 Å². The molecule has 0 aromatic heterocycles. The van der Waals surface area contributed by atoms with Gasteiger partial charge in [0.25, 0.3) is 5.91 Å². The smallest absolute Gasteiger partial charge is 0.251 e. The second kappa shape index (κ2) is 11.4. The molecule has 0 aliphatic rings. The minimum Gasteiger partial charge on any atom is -0.492 e. The van der Waals surface area contributed by atoms with E-state index in [0.29, 0.717) is 46.7 Å². The molecule has 2 rings (SSSR count). The summed E-state index contributed by atoms with van der Waals surface area (Å²) in [5.74, 6) is 1.03. The number of rotatable bonds is 9. The Labute approximate surface area is 184 Å². The lowest BCUT2D eigenvalue weighted by molar-refractivity contribution is 0.0951. The third-order valence-corrected chi connectivity index (χ3v) is 4.49.